The molecule has 2 aromatic carbocycles. The first kappa shape index (κ1) is 20.9. The van der Waals surface area contributed by atoms with Gasteiger partial charge in [-0.05, 0) is 56.3 Å². The number of hydrogen-bond acceptors (Lipinski definition) is 4. The van der Waals surface area contributed by atoms with Crippen LogP contribution in [0.3, 0.4) is 0 Å². The van der Waals surface area contributed by atoms with Crippen molar-refractivity contribution in [3.63, 3.8) is 0 Å². The summed E-state index contributed by atoms with van der Waals surface area (Å²) in [5.74, 6) is -2.29. The molecule has 0 saturated carbocycles. The van der Waals surface area contributed by atoms with E-state index in [4.69, 9.17) is 0 Å². The van der Waals surface area contributed by atoms with Crippen LogP contribution < -0.4 is 15.4 Å². The Morgan fingerprint density at radius 1 is 1.11 bits per heavy atom. The molecule has 0 bridgehead atoms. The van der Waals surface area contributed by atoms with Gasteiger partial charge in [0, 0.05) is 11.7 Å². The van der Waals surface area contributed by atoms with Gasteiger partial charge >= 0.3 is 0 Å². The van der Waals surface area contributed by atoms with Crippen molar-refractivity contribution in [3.8, 4) is 0 Å². The number of amides is 1. The van der Waals surface area contributed by atoms with Crippen molar-refractivity contribution in [1.29, 1.82) is 0 Å². The Morgan fingerprint density at radius 3 is 2.44 bits per heavy atom. The molecule has 0 unspecified atom stereocenters. The fourth-order valence-corrected chi connectivity index (χ4v) is 3.42. The molecule has 0 aromatic heterocycles. The van der Waals surface area contributed by atoms with Crippen LogP contribution >= 0.6 is 0 Å². The van der Waals surface area contributed by atoms with E-state index < -0.39 is 27.6 Å². The van der Waals surface area contributed by atoms with Crippen molar-refractivity contribution in [2.45, 2.75) is 24.8 Å². The van der Waals surface area contributed by atoms with Gasteiger partial charge in [0.25, 0.3) is 0 Å². The number of carbonyl (C=O) groups is 1. The smallest absolute Gasteiger partial charge is 0.240 e. The molecule has 146 valence electrons. The number of hydrogen-bond donors (Lipinski definition) is 3. The molecule has 2 aromatic rings. The second kappa shape index (κ2) is 8.55. The van der Waals surface area contributed by atoms with E-state index in [0.29, 0.717) is 16.8 Å². The lowest BCUT2D eigenvalue weighted by Crippen LogP contribution is -2.30. The number of anilines is 1. The number of rotatable bonds is 7. The van der Waals surface area contributed by atoms with E-state index >= 15 is 0 Å². The highest BCUT2D eigenvalue weighted by Gasteiger charge is 2.16. The minimum atomic E-state index is -3.64. The predicted octanol–water partition coefficient (Wildman–Crippen LogP) is 2.47. The predicted molar refractivity (Wildman–Crippen MR) is 98.8 cm³/mol. The van der Waals surface area contributed by atoms with Crippen molar-refractivity contribution in [1.82, 2.24) is 10.0 Å². The van der Waals surface area contributed by atoms with Crippen molar-refractivity contribution in [2.75, 3.05) is 18.9 Å². The maximum Gasteiger partial charge on any atom is 0.240 e. The fraction of sp³-hybridized carbons (Fsp3) is 0.278. The van der Waals surface area contributed by atoms with Crippen molar-refractivity contribution >= 4 is 21.6 Å². The Morgan fingerprint density at radius 2 is 1.81 bits per heavy atom. The van der Waals surface area contributed by atoms with E-state index in [9.17, 15) is 22.0 Å². The second-order valence-corrected chi connectivity index (χ2v) is 7.87. The minimum Gasteiger partial charge on any atom is -0.325 e. The lowest BCUT2D eigenvalue weighted by Gasteiger charge is -2.15. The Bertz CT molecular complexity index is 949. The zero-order valence-corrected chi connectivity index (χ0v) is 16.0. The molecule has 1 amide bonds. The normalized spacial score (nSPS) is 12.6. The molecule has 3 N–H and O–H groups in total. The highest BCUT2D eigenvalue weighted by Crippen LogP contribution is 2.20. The molecule has 27 heavy (non-hydrogen) atoms. The molecule has 9 heteroatoms. The second-order valence-electron chi connectivity index (χ2n) is 6.01. The minimum absolute atomic E-state index is 0.0749. The summed E-state index contributed by atoms with van der Waals surface area (Å²) in [4.78, 5) is 12.2. The van der Waals surface area contributed by atoms with Gasteiger partial charge < -0.3 is 10.6 Å². The quantitative estimate of drug-likeness (QED) is 0.670. The molecular formula is C18H21F2N3O3S. The molecule has 2 rings (SSSR count). The van der Waals surface area contributed by atoms with Gasteiger partial charge in [-0.1, -0.05) is 12.1 Å². The van der Waals surface area contributed by atoms with Gasteiger partial charge in [0.2, 0.25) is 15.9 Å². The molecule has 0 heterocycles. The third-order valence-electron chi connectivity index (χ3n) is 4.04. The molecule has 0 fully saturated rings. The lowest BCUT2D eigenvalue weighted by atomic mass is 10.1. The van der Waals surface area contributed by atoms with E-state index in [1.165, 1.54) is 19.2 Å². The SMILES string of the molecule is CNS(=O)(=O)c1cc(NC(=O)CN[C@H](C)c2ccc(F)c(F)c2)ccc1C. The zero-order valence-electron chi connectivity index (χ0n) is 15.1. The first-order chi connectivity index (χ1) is 12.6. The lowest BCUT2D eigenvalue weighted by molar-refractivity contribution is -0.115. The van der Waals surface area contributed by atoms with Gasteiger partial charge in [0.15, 0.2) is 11.6 Å². The molecule has 6 nitrogen and oxygen atoms in total. The van der Waals surface area contributed by atoms with Crippen LogP contribution in [-0.4, -0.2) is 27.9 Å². The van der Waals surface area contributed by atoms with Gasteiger partial charge in [0.1, 0.15) is 0 Å². The monoisotopic (exact) mass is 397 g/mol. The maximum atomic E-state index is 13.3. The van der Waals surface area contributed by atoms with Gasteiger partial charge in [-0.15, -0.1) is 0 Å². The van der Waals surface area contributed by atoms with Crippen LogP contribution in [0.1, 0.15) is 24.1 Å². The summed E-state index contributed by atoms with van der Waals surface area (Å²) in [7, 11) is -2.33. The molecular weight excluding hydrogens is 376 g/mol. The van der Waals surface area contributed by atoms with Crippen molar-refractivity contribution < 1.29 is 22.0 Å². The Kier molecular flexibility index (Phi) is 6.63. The number of carbonyl (C=O) groups excluding carboxylic acids is 1. The van der Waals surface area contributed by atoms with Crippen LogP contribution in [-0.2, 0) is 14.8 Å². The van der Waals surface area contributed by atoms with E-state index in [0.717, 1.165) is 12.1 Å². The highest BCUT2D eigenvalue weighted by molar-refractivity contribution is 7.89. The number of nitrogens with one attached hydrogen (secondary N) is 3. The van der Waals surface area contributed by atoms with Crippen LogP contribution in [0, 0.1) is 18.6 Å². The topological polar surface area (TPSA) is 87.3 Å². The standard InChI is InChI=1S/C18H21F2N3O3S/c1-11-4-6-14(9-17(11)27(25,26)21-3)23-18(24)10-22-12(2)13-5-7-15(19)16(20)8-13/h4-9,12,21-22H,10H2,1-3H3,(H,23,24)/t12-/m1/s1. The molecule has 1 atom stereocenters. The summed E-state index contributed by atoms with van der Waals surface area (Å²) in [5, 5.41) is 5.51. The van der Waals surface area contributed by atoms with Crippen LogP contribution in [0.2, 0.25) is 0 Å². The van der Waals surface area contributed by atoms with Crippen LogP contribution in [0.4, 0.5) is 14.5 Å². The number of benzene rings is 2. The summed E-state index contributed by atoms with van der Waals surface area (Å²) in [5.41, 5.74) is 1.38. The number of aryl methyl sites for hydroxylation is 1. The van der Waals surface area contributed by atoms with Crippen molar-refractivity contribution in [2.24, 2.45) is 0 Å². The third-order valence-corrected chi connectivity index (χ3v) is 5.60. The molecule has 0 aliphatic rings. The van der Waals surface area contributed by atoms with E-state index in [1.54, 1.807) is 26.0 Å². The van der Waals surface area contributed by atoms with Gasteiger partial charge in [-0.25, -0.2) is 21.9 Å². The molecule has 0 spiro atoms. The number of sulfonamides is 1. The van der Waals surface area contributed by atoms with Gasteiger partial charge in [0.05, 0.1) is 11.4 Å². The summed E-state index contributed by atoms with van der Waals surface area (Å²) in [6.45, 7) is 3.27. The summed E-state index contributed by atoms with van der Waals surface area (Å²) >= 11 is 0. The third kappa shape index (κ3) is 5.31. The first-order valence-corrected chi connectivity index (χ1v) is 9.64. The van der Waals surface area contributed by atoms with Crippen molar-refractivity contribution in [3.05, 3.63) is 59.2 Å². The molecule has 0 radical (unpaired) electrons. The van der Waals surface area contributed by atoms with Crippen LogP contribution in [0.25, 0.3) is 0 Å². The Labute approximate surface area is 157 Å². The summed E-state index contributed by atoms with van der Waals surface area (Å²) in [6.07, 6.45) is 0. The number of halogens is 2. The van der Waals surface area contributed by atoms with E-state index in [-0.39, 0.29) is 17.5 Å². The Balaban J connectivity index is 2.01. The first-order valence-electron chi connectivity index (χ1n) is 8.16. The van der Waals surface area contributed by atoms with Gasteiger partial charge in [-0.2, -0.15) is 0 Å². The molecule has 0 aliphatic heterocycles. The average Bonchev–Trinajstić information content (AvgIpc) is 2.63. The molecule has 0 saturated heterocycles. The Hall–Kier alpha value is -2.36. The largest absolute Gasteiger partial charge is 0.325 e. The van der Waals surface area contributed by atoms with Gasteiger partial charge in [-0.3, -0.25) is 4.79 Å². The summed E-state index contributed by atoms with van der Waals surface area (Å²) < 4.78 is 52.5. The van der Waals surface area contributed by atoms with Crippen LogP contribution in [0.15, 0.2) is 41.3 Å². The average molecular weight is 397 g/mol. The summed E-state index contributed by atoms with van der Waals surface area (Å²) in [6, 6.07) is 7.71. The van der Waals surface area contributed by atoms with Crippen LogP contribution in [0.5, 0.6) is 0 Å². The van der Waals surface area contributed by atoms with E-state index in [1.807, 2.05) is 0 Å². The fourth-order valence-electron chi connectivity index (χ4n) is 2.43. The zero-order chi connectivity index (χ0) is 20.2. The highest BCUT2D eigenvalue weighted by atomic mass is 32.2. The maximum absolute atomic E-state index is 13.3. The molecule has 0 aliphatic carbocycles. The van der Waals surface area contributed by atoms with E-state index in [2.05, 4.69) is 15.4 Å².